The summed E-state index contributed by atoms with van der Waals surface area (Å²) in [5, 5.41) is 4.46. The van der Waals surface area contributed by atoms with Crippen molar-refractivity contribution in [3.05, 3.63) is 69.9 Å². The maximum atomic E-state index is 12.8. The number of ketones is 1. The van der Waals surface area contributed by atoms with Crippen LogP contribution in [0.3, 0.4) is 0 Å². The van der Waals surface area contributed by atoms with Gasteiger partial charge >= 0.3 is 5.97 Å². The minimum absolute atomic E-state index is 0.0232. The zero-order valence-corrected chi connectivity index (χ0v) is 18.5. The lowest BCUT2D eigenvalue weighted by atomic mass is 10.1. The number of amides is 1. The summed E-state index contributed by atoms with van der Waals surface area (Å²) in [4.78, 5) is 38.2. The SMILES string of the molecule is COc1ccc(C(=O)COC(=O)c2cc(OC)c(OC)cc2NC(=O)c2cccs2)cc1. The van der Waals surface area contributed by atoms with Crippen LogP contribution in [0.1, 0.15) is 30.4 Å². The molecule has 2 aromatic carbocycles. The number of carbonyl (C=O) groups excluding carboxylic acids is 3. The summed E-state index contributed by atoms with van der Waals surface area (Å²) >= 11 is 1.26. The minimum atomic E-state index is -0.797. The van der Waals surface area contributed by atoms with Crippen LogP contribution in [0, 0.1) is 0 Å². The molecule has 0 bridgehead atoms. The number of ether oxygens (including phenoxy) is 4. The van der Waals surface area contributed by atoms with Gasteiger partial charge in [0.25, 0.3) is 5.91 Å². The third kappa shape index (κ3) is 5.25. The Labute approximate surface area is 188 Å². The van der Waals surface area contributed by atoms with Crippen LogP contribution in [-0.2, 0) is 4.74 Å². The number of rotatable bonds is 9. The summed E-state index contributed by atoms with van der Waals surface area (Å²) in [5.74, 6) is -0.375. The van der Waals surface area contributed by atoms with Gasteiger partial charge in [0.05, 0.1) is 37.5 Å². The number of esters is 1. The average Bonchev–Trinajstić information content (AvgIpc) is 3.37. The van der Waals surface area contributed by atoms with Crippen LogP contribution in [0.5, 0.6) is 17.2 Å². The Morgan fingerprint density at radius 1 is 0.906 bits per heavy atom. The van der Waals surface area contributed by atoms with E-state index < -0.39 is 18.5 Å². The van der Waals surface area contributed by atoms with Gasteiger partial charge in [-0.2, -0.15) is 0 Å². The Morgan fingerprint density at radius 3 is 2.19 bits per heavy atom. The maximum Gasteiger partial charge on any atom is 0.340 e. The third-order valence-corrected chi connectivity index (χ3v) is 5.35. The first-order valence-corrected chi connectivity index (χ1v) is 10.3. The van der Waals surface area contributed by atoms with Crippen LogP contribution in [0.4, 0.5) is 5.69 Å². The monoisotopic (exact) mass is 455 g/mol. The molecule has 0 spiro atoms. The first-order valence-electron chi connectivity index (χ1n) is 9.42. The molecule has 0 aliphatic rings. The van der Waals surface area contributed by atoms with E-state index in [9.17, 15) is 14.4 Å². The second-order valence-electron chi connectivity index (χ2n) is 6.41. The fourth-order valence-corrected chi connectivity index (χ4v) is 3.43. The van der Waals surface area contributed by atoms with Crippen molar-refractivity contribution in [1.82, 2.24) is 0 Å². The number of nitrogens with one attached hydrogen (secondary N) is 1. The number of hydrogen-bond donors (Lipinski definition) is 1. The predicted octanol–water partition coefficient (Wildman–Crippen LogP) is 4.07. The molecule has 8 nitrogen and oxygen atoms in total. The van der Waals surface area contributed by atoms with Gasteiger partial charge in [0.15, 0.2) is 23.9 Å². The Kier molecular flexibility index (Phi) is 7.45. The standard InChI is InChI=1S/C23H21NO7S/c1-28-15-8-6-14(7-9-15)18(25)13-31-23(27)16-11-19(29-2)20(30-3)12-17(16)24-22(26)21-5-4-10-32-21/h4-12H,13H2,1-3H3,(H,24,26). The van der Waals surface area contributed by atoms with Crippen molar-refractivity contribution in [2.45, 2.75) is 0 Å². The molecule has 0 saturated heterocycles. The van der Waals surface area contributed by atoms with Crippen molar-refractivity contribution in [3.8, 4) is 17.2 Å². The van der Waals surface area contributed by atoms with Crippen molar-refractivity contribution in [1.29, 1.82) is 0 Å². The van der Waals surface area contributed by atoms with Gasteiger partial charge < -0.3 is 24.3 Å². The molecule has 0 unspecified atom stereocenters. The van der Waals surface area contributed by atoms with Crippen LogP contribution >= 0.6 is 11.3 Å². The highest BCUT2D eigenvalue weighted by Gasteiger charge is 2.21. The zero-order valence-electron chi connectivity index (χ0n) is 17.7. The van der Waals surface area contributed by atoms with Gasteiger partial charge in [0, 0.05) is 17.7 Å². The Morgan fingerprint density at radius 2 is 1.59 bits per heavy atom. The van der Waals surface area contributed by atoms with E-state index in [1.54, 1.807) is 41.8 Å². The summed E-state index contributed by atoms with van der Waals surface area (Å²) in [5.41, 5.74) is 0.565. The molecule has 9 heteroatoms. The summed E-state index contributed by atoms with van der Waals surface area (Å²) < 4.78 is 20.8. The molecule has 0 aliphatic heterocycles. The van der Waals surface area contributed by atoms with Crippen molar-refractivity contribution in [3.63, 3.8) is 0 Å². The van der Waals surface area contributed by atoms with E-state index >= 15 is 0 Å². The van der Waals surface area contributed by atoms with E-state index in [0.29, 0.717) is 21.9 Å². The van der Waals surface area contributed by atoms with Gasteiger partial charge in [-0.05, 0) is 35.7 Å². The molecule has 0 aliphatic carbocycles. The number of Topliss-reactive ketones (excluding diaryl/α,β-unsaturated/α-hetero) is 1. The van der Waals surface area contributed by atoms with Gasteiger partial charge in [-0.25, -0.2) is 4.79 Å². The number of benzene rings is 2. The van der Waals surface area contributed by atoms with Crippen LogP contribution in [-0.4, -0.2) is 45.6 Å². The molecule has 1 heterocycles. The van der Waals surface area contributed by atoms with Crippen LogP contribution in [0.25, 0.3) is 0 Å². The molecular formula is C23H21NO7S. The Bertz CT molecular complexity index is 1110. The molecule has 166 valence electrons. The molecule has 0 radical (unpaired) electrons. The van der Waals surface area contributed by atoms with E-state index in [4.69, 9.17) is 18.9 Å². The summed E-state index contributed by atoms with van der Waals surface area (Å²) in [7, 11) is 4.38. The van der Waals surface area contributed by atoms with Crippen LogP contribution in [0.2, 0.25) is 0 Å². The van der Waals surface area contributed by atoms with Crippen molar-refractivity contribution in [2.75, 3.05) is 33.3 Å². The van der Waals surface area contributed by atoms with Gasteiger partial charge in [0.1, 0.15) is 5.75 Å². The zero-order chi connectivity index (χ0) is 23.1. The fourth-order valence-electron chi connectivity index (χ4n) is 2.81. The molecule has 0 saturated carbocycles. The maximum absolute atomic E-state index is 12.8. The van der Waals surface area contributed by atoms with Crippen molar-refractivity contribution in [2.24, 2.45) is 0 Å². The lowest BCUT2D eigenvalue weighted by molar-refractivity contribution is 0.0475. The first kappa shape index (κ1) is 22.8. The first-order chi connectivity index (χ1) is 15.5. The van der Waals surface area contributed by atoms with E-state index in [1.165, 1.54) is 44.8 Å². The van der Waals surface area contributed by atoms with Gasteiger partial charge in [-0.1, -0.05) is 6.07 Å². The van der Waals surface area contributed by atoms with Gasteiger partial charge in [-0.15, -0.1) is 11.3 Å². The topological polar surface area (TPSA) is 100 Å². The van der Waals surface area contributed by atoms with Crippen LogP contribution < -0.4 is 19.5 Å². The fraction of sp³-hybridized carbons (Fsp3) is 0.174. The molecule has 32 heavy (non-hydrogen) atoms. The third-order valence-electron chi connectivity index (χ3n) is 4.48. The van der Waals surface area contributed by atoms with Gasteiger partial charge in [-0.3, -0.25) is 9.59 Å². The lowest BCUT2D eigenvalue weighted by Crippen LogP contribution is -2.18. The second-order valence-corrected chi connectivity index (χ2v) is 7.36. The van der Waals surface area contributed by atoms with Crippen molar-refractivity contribution >= 4 is 34.7 Å². The van der Waals surface area contributed by atoms with E-state index in [2.05, 4.69) is 5.32 Å². The highest BCUT2D eigenvalue weighted by Crippen LogP contribution is 2.34. The molecular weight excluding hydrogens is 434 g/mol. The highest BCUT2D eigenvalue weighted by molar-refractivity contribution is 7.12. The molecule has 1 aromatic heterocycles. The largest absolute Gasteiger partial charge is 0.497 e. The predicted molar refractivity (Wildman–Crippen MR) is 119 cm³/mol. The number of thiophene rings is 1. The normalized spacial score (nSPS) is 10.2. The smallest absolute Gasteiger partial charge is 0.340 e. The van der Waals surface area contributed by atoms with Crippen molar-refractivity contribution < 1.29 is 33.3 Å². The molecule has 3 aromatic rings. The Balaban J connectivity index is 1.81. The molecule has 0 fully saturated rings. The summed E-state index contributed by atoms with van der Waals surface area (Å²) in [6, 6.07) is 12.7. The number of carbonyl (C=O) groups is 3. The lowest BCUT2D eigenvalue weighted by Gasteiger charge is -2.15. The van der Waals surface area contributed by atoms with E-state index in [-0.39, 0.29) is 22.8 Å². The van der Waals surface area contributed by atoms with Gasteiger partial charge in [0.2, 0.25) is 0 Å². The molecule has 3 rings (SSSR count). The average molecular weight is 455 g/mol. The number of hydrogen-bond acceptors (Lipinski definition) is 8. The summed E-state index contributed by atoms with van der Waals surface area (Å²) in [6.07, 6.45) is 0. The molecule has 1 amide bonds. The Hall–Kier alpha value is -3.85. The quantitative estimate of drug-likeness (QED) is 0.383. The highest BCUT2D eigenvalue weighted by atomic mass is 32.1. The second kappa shape index (κ2) is 10.5. The molecule has 0 atom stereocenters. The number of anilines is 1. The molecule has 1 N–H and O–H groups in total. The van der Waals surface area contributed by atoms with E-state index in [0.717, 1.165) is 0 Å². The van der Waals surface area contributed by atoms with E-state index in [1.807, 2.05) is 0 Å². The van der Waals surface area contributed by atoms with Crippen LogP contribution in [0.15, 0.2) is 53.9 Å². The minimum Gasteiger partial charge on any atom is -0.497 e. The number of methoxy groups -OCH3 is 3. The summed E-state index contributed by atoms with van der Waals surface area (Å²) in [6.45, 7) is -0.474.